The van der Waals surface area contributed by atoms with Crippen LogP contribution in [-0.4, -0.2) is 22.6 Å². The van der Waals surface area contributed by atoms with E-state index in [2.05, 4.69) is 38.6 Å². The minimum absolute atomic E-state index is 0. The van der Waals surface area contributed by atoms with Crippen molar-refractivity contribution in [1.82, 2.24) is 10.2 Å². The average Bonchev–Trinajstić information content (AvgIpc) is 2.65. The molecule has 6 heteroatoms. The maximum Gasteiger partial charge on any atom is 0.177 e. The average molecular weight is 373 g/mol. The maximum atomic E-state index is 5.93. The molecule has 0 atom stereocenters. The summed E-state index contributed by atoms with van der Waals surface area (Å²) in [7, 11) is 0. The number of hydrogen-bond acceptors (Lipinski definition) is 4. The van der Waals surface area contributed by atoms with Crippen molar-refractivity contribution in [2.24, 2.45) is 0 Å². The van der Waals surface area contributed by atoms with Crippen LogP contribution in [0.3, 0.4) is 0 Å². The third-order valence-electron chi connectivity index (χ3n) is 4.10. The van der Waals surface area contributed by atoms with Crippen LogP contribution >= 0.6 is 24.0 Å². The molecule has 0 unspecified atom stereocenters. The topological polar surface area (TPSA) is 41.0 Å². The Labute approximate surface area is 158 Å². The van der Waals surface area contributed by atoms with Gasteiger partial charge in [0.2, 0.25) is 0 Å². The number of para-hydroxylation sites is 2. The minimum Gasteiger partial charge on any atom is -0.337 e. The molecule has 0 saturated heterocycles. The molecule has 0 amide bonds. The Balaban J connectivity index is 0.00000182. The highest BCUT2D eigenvalue weighted by Gasteiger charge is 2.24. The predicted octanol–water partition coefficient (Wildman–Crippen LogP) is 5.39. The fourth-order valence-corrected chi connectivity index (χ4v) is 3.08. The molecule has 1 aliphatic rings. The molecule has 2 heterocycles. The van der Waals surface area contributed by atoms with Crippen molar-refractivity contribution in [3.8, 4) is 11.3 Å². The van der Waals surface area contributed by atoms with Crippen LogP contribution in [0, 0.1) is 0 Å². The van der Waals surface area contributed by atoms with Gasteiger partial charge >= 0.3 is 0 Å². The molecule has 4 nitrogen and oxygen atoms in total. The highest BCUT2D eigenvalue weighted by Crippen LogP contribution is 2.43. The van der Waals surface area contributed by atoms with Crippen molar-refractivity contribution >= 4 is 46.9 Å². The van der Waals surface area contributed by atoms with Gasteiger partial charge in [0.25, 0.3) is 0 Å². The Kier molecular flexibility index (Phi) is 5.41. The van der Waals surface area contributed by atoms with E-state index in [1.807, 2.05) is 42.5 Å². The molecule has 1 aliphatic heterocycles. The Morgan fingerprint density at radius 1 is 0.920 bits per heavy atom. The summed E-state index contributed by atoms with van der Waals surface area (Å²) in [6, 6.07) is 20.4. The fraction of sp³-hybridized carbons (Fsp3) is 0.158. The summed E-state index contributed by atoms with van der Waals surface area (Å²) in [6.45, 7) is 0.842. The molecule has 0 saturated carbocycles. The van der Waals surface area contributed by atoms with E-state index in [9.17, 15) is 0 Å². The number of anilines is 4. The zero-order valence-electron chi connectivity index (χ0n) is 13.5. The first-order valence-electron chi connectivity index (χ1n) is 7.99. The van der Waals surface area contributed by atoms with Crippen LogP contribution in [0.2, 0.25) is 0 Å². The number of fused-ring (bicyclic) bond motifs is 2. The lowest BCUT2D eigenvalue weighted by Crippen LogP contribution is -2.25. The summed E-state index contributed by atoms with van der Waals surface area (Å²) in [5, 5.41) is 12.2. The largest absolute Gasteiger partial charge is 0.337 e. The van der Waals surface area contributed by atoms with E-state index < -0.39 is 0 Å². The van der Waals surface area contributed by atoms with Crippen LogP contribution in [0.1, 0.15) is 6.42 Å². The van der Waals surface area contributed by atoms with Crippen molar-refractivity contribution < 1.29 is 0 Å². The van der Waals surface area contributed by atoms with Crippen molar-refractivity contribution in [2.45, 2.75) is 6.42 Å². The molecule has 0 fully saturated rings. The highest BCUT2D eigenvalue weighted by molar-refractivity contribution is 6.17. The highest BCUT2D eigenvalue weighted by atomic mass is 35.5. The molecule has 0 bridgehead atoms. The second-order valence-corrected chi connectivity index (χ2v) is 6.04. The fourth-order valence-electron chi connectivity index (χ4n) is 2.96. The predicted molar refractivity (Wildman–Crippen MR) is 107 cm³/mol. The second kappa shape index (κ2) is 7.72. The molecule has 0 radical (unpaired) electrons. The number of aromatic nitrogens is 2. The lowest BCUT2D eigenvalue weighted by molar-refractivity contribution is 0.878. The van der Waals surface area contributed by atoms with E-state index in [0.29, 0.717) is 5.88 Å². The lowest BCUT2D eigenvalue weighted by atomic mass is 10.1. The van der Waals surface area contributed by atoms with Gasteiger partial charge in [0.05, 0.1) is 22.8 Å². The SMILES string of the molecule is Cl.ClCCCN1c2ccccc2Nc2nnc(-c3ccccc3)cc21. The number of nitrogens with zero attached hydrogens (tertiary/aromatic N) is 3. The minimum atomic E-state index is 0. The number of benzene rings is 2. The summed E-state index contributed by atoms with van der Waals surface area (Å²) in [5.41, 5.74) is 5.14. The third kappa shape index (κ3) is 3.41. The first kappa shape index (κ1) is 17.5. The first-order chi connectivity index (χ1) is 11.9. The standard InChI is InChI=1S/C19H17ClN4.ClH/c20-11-6-12-24-17-10-5-4-9-15(17)21-19-18(24)13-16(22-23-19)14-7-2-1-3-8-14;/h1-5,7-10,13H,6,11-12H2,(H,21,23);1H. The Morgan fingerprint density at radius 3 is 2.48 bits per heavy atom. The van der Waals surface area contributed by atoms with Crippen molar-refractivity contribution in [3.63, 3.8) is 0 Å². The van der Waals surface area contributed by atoms with E-state index in [0.717, 1.165) is 47.1 Å². The maximum absolute atomic E-state index is 5.93. The zero-order chi connectivity index (χ0) is 16.4. The van der Waals surface area contributed by atoms with E-state index in [1.165, 1.54) is 0 Å². The molecule has 128 valence electrons. The zero-order valence-corrected chi connectivity index (χ0v) is 15.1. The quantitative estimate of drug-likeness (QED) is 0.623. The van der Waals surface area contributed by atoms with Crippen LogP contribution in [0.15, 0.2) is 60.7 Å². The van der Waals surface area contributed by atoms with Gasteiger partial charge in [0, 0.05) is 18.0 Å². The van der Waals surface area contributed by atoms with Gasteiger partial charge in [-0.3, -0.25) is 0 Å². The molecule has 0 aliphatic carbocycles. The van der Waals surface area contributed by atoms with Gasteiger partial charge in [-0.05, 0) is 24.6 Å². The molecule has 0 spiro atoms. The van der Waals surface area contributed by atoms with Gasteiger partial charge < -0.3 is 10.2 Å². The van der Waals surface area contributed by atoms with Gasteiger partial charge in [-0.2, -0.15) is 0 Å². The molecular formula is C19H18Cl2N4. The van der Waals surface area contributed by atoms with Gasteiger partial charge in [0.15, 0.2) is 5.82 Å². The Bertz CT molecular complexity index is 855. The van der Waals surface area contributed by atoms with Gasteiger partial charge in [-0.15, -0.1) is 34.2 Å². The molecule has 4 rings (SSSR count). The van der Waals surface area contributed by atoms with Gasteiger partial charge in [-0.1, -0.05) is 42.5 Å². The van der Waals surface area contributed by atoms with Crippen molar-refractivity contribution in [2.75, 3.05) is 22.6 Å². The molecule has 1 N–H and O–H groups in total. The molecule has 2 aromatic carbocycles. The van der Waals surface area contributed by atoms with E-state index in [-0.39, 0.29) is 12.4 Å². The smallest absolute Gasteiger partial charge is 0.177 e. The van der Waals surface area contributed by atoms with Crippen LogP contribution in [-0.2, 0) is 0 Å². The monoisotopic (exact) mass is 372 g/mol. The summed E-state index contributed by atoms with van der Waals surface area (Å²) >= 11 is 5.93. The number of nitrogens with one attached hydrogen (secondary N) is 1. The van der Waals surface area contributed by atoms with E-state index >= 15 is 0 Å². The Hall–Kier alpha value is -2.30. The van der Waals surface area contributed by atoms with Gasteiger partial charge in [-0.25, -0.2) is 0 Å². The summed E-state index contributed by atoms with van der Waals surface area (Å²) in [4.78, 5) is 2.27. The summed E-state index contributed by atoms with van der Waals surface area (Å²) < 4.78 is 0. The Morgan fingerprint density at radius 2 is 1.68 bits per heavy atom. The normalized spacial score (nSPS) is 11.8. The third-order valence-corrected chi connectivity index (χ3v) is 4.36. The lowest BCUT2D eigenvalue weighted by Gasteiger charge is -2.33. The molecule has 25 heavy (non-hydrogen) atoms. The van der Waals surface area contributed by atoms with Crippen LogP contribution < -0.4 is 10.2 Å². The number of halogens is 2. The molecule has 1 aromatic heterocycles. The van der Waals surface area contributed by atoms with Crippen LogP contribution in [0.25, 0.3) is 11.3 Å². The molecular weight excluding hydrogens is 355 g/mol. The van der Waals surface area contributed by atoms with Crippen LogP contribution in [0.4, 0.5) is 22.9 Å². The second-order valence-electron chi connectivity index (χ2n) is 5.67. The van der Waals surface area contributed by atoms with Gasteiger partial charge in [0.1, 0.15) is 0 Å². The summed E-state index contributed by atoms with van der Waals surface area (Å²) in [5.74, 6) is 1.41. The van der Waals surface area contributed by atoms with E-state index in [1.54, 1.807) is 0 Å². The van der Waals surface area contributed by atoms with E-state index in [4.69, 9.17) is 11.6 Å². The van der Waals surface area contributed by atoms with Crippen molar-refractivity contribution in [1.29, 1.82) is 0 Å². The first-order valence-corrected chi connectivity index (χ1v) is 8.53. The number of alkyl halides is 1. The van der Waals surface area contributed by atoms with Crippen molar-refractivity contribution in [3.05, 3.63) is 60.7 Å². The molecule has 3 aromatic rings. The van der Waals surface area contributed by atoms with Crippen LogP contribution in [0.5, 0.6) is 0 Å². The summed E-state index contributed by atoms with van der Waals surface area (Å²) in [6.07, 6.45) is 0.901. The number of rotatable bonds is 4. The number of hydrogen-bond donors (Lipinski definition) is 1.